The lowest BCUT2D eigenvalue weighted by Gasteiger charge is -2.18. The Labute approximate surface area is 111 Å². The minimum atomic E-state index is -0.857. The van der Waals surface area contributed by atoms with E-state index in [9.17, 15) is 14.3 Å². The summed E-state index contributed by atoms with van der Waals surface area (Å²) in [5, 5.41) is 12.4. The smallest absolute Gasteiger partial charge is 0.260 e. The van der Waals surface area contributed by atoms with Crippen molar-refractivity contribution in [2.75, 3.05) is 0 Å². The summed E-state index contributed by atoms with van der Waals surface area (Å²) in [6.07, 6.45) is 0.481. The van der Waals surface area contributed by atoms with E-state index in [2.05, 4.69) is 5.32 Å². The second kappa shape index (κ2) is 5.57. The van der Waals surface area contributed by atoms with Gasteiger partial charge in [-0.1, -0.05) is 0 Å². The van der Waals surface area contributed by atoms with Crippen LogP contribution in [0.2, 0.25) is 0 Å². The van der Waals surface area contributed by atoms with Crippen molar-refractivity contribution in [1.82, 2.24) is 5.32 Å². The molecule has 1 aromatic rings. The molecule has 1 aliphatic carbocycles. The molecule has 4 nitrogen and oxygen atoms in total. The number of amides is 1. The largest absolute Gasteiger partial charge is 0.481 e. The van der Waals surface area contributed by atoms with Crippen LogP contribution in [0, 0.1) is 5.82 Å². The predicted octanol–water partition coefficient (Wildman–Crippen LogP) is 1.92. The average Bonchev–Trinajstić information content (AvgIpc) is 3.14. The van der Waals surface area contributed by atoms with Crippen molar-refractivity contribution >= 4 is 5.91 Å². The van der Waals surface area contributed by atoms with Crippen LogP contribution in [0.5, 0.6) is 5.75 Å². The first-order valence-electron chi connectivity index (χ1n) is 6.42. The molecule has 0 bridgehead atoms. The zero-order valence-electron chi connectivity index (χ0n) is 11.0. The lowest BCUT2D eigenvalue weighted by atomic mass is 10.1. The maximum Gasteiger partial charge on any atom is 0.260 e. The summed E-state index contributed by atoms with van der Waals surface area (Å²) >= 11 is 0. The van der Waals surface area contributed by atoms with E-state index in [1.165, 1.54) is 25.1 Å². The molecule has 0 aliphatic heterocycles. The molecule has 1 saturated carbocycles. The van der Waals surface area contributed by atoms with E-state index in [1.54, 1.807) is 6.92 Å². The maximum absolute atomic E-state index is 13.1. The first kappa shape index (κ1) is 13.8. The number of halogens is 1. The lowest BCUT2D eigenvalue weighted by molar-refractivity contribution is -0.127. The molecular formula is C14H18FNO3. The van der Waals surface area contributed by atoms with E-state index >= 15 is 0 Å². The van der Waals surface area contributed by atoms with Gasteiger partial charge >= 0.3 is 0 Å². The van der Waals surface area contributed by atoms with Gasteiger partial charge in [-0.05, 0) is 44.9 Å². The third kappa shape index (κ3) is 3.67. The van der Waals surface area contributed by atoms with Crippen LogP contribution in [0.4, 0.5) is 4.39 Å². The predicted molar refractivity (Wildman–Crippen MR) is 68.3 cm³/mol. The van der Waals surface area contributed by atoms with Crippen LogP contribution in [0.1, 0.15) is 38.4 Å². The molecule has 19 heavy (non-hydrogen) atoms. The number of hydrogen-bond donors (Lipinski definition) is 2. The Kier molecular flexibility index (Phi) is 4.04. The lowest BCUT2D eigenvalue weighted by Crippen LogP contribution is -2.37. The van der Waals surface area contributed by atoms with Crippen LogP contribution in [-0.2, 0) is 4.79 Å². The molecule has 5 heteroatoms. The fraction of sp³-hybridized carbons (Fsp3) is 0.500. The summed E-state index contributed by atoms with van der Waals surface area (Å²) in [5.74, 6) is -0.309. The molecule has 2 atom stereocenters. The third-order valence-corrected chi connectivity index (χ3v) is 3.02. The van der Waals surface area contributed by atoms with Crippen LogP contribution in [0.3, 0.4) is 0 Å². The Hall–Kier alpha value is -1.62. The van der Waals surface area contributed by atoms with Gasteiger partial charge < -0.3 is 15.2 Å². The van der Waals surface area contributed by atoms with Crippen molar-refractivity contribution in [2.45, 2.75) is 44.9 Å². The van der Waals surface area contributed by atoms with Crippen molar-refractivity contribution < 1.29 is 19.0 Å². The monoisotopic (exact) mass is 267 g/mol. The maximum atomic E-state index is 13.1. The first-order chi connectivity index (χ1) is 8.97. The van der Waals surface area contributed by atoms with Gasteiger partial charge in [0.2, 0.25) is 0 Å². The number of aliphatic hydroxyl groups is 1. The number of hydrogen-bond acceptors (Lipinski definition) is 3. The highest BCUT2D eigenvalue weighted by molar-refractivity contribution is 5.81. The molecule has 0 spiro atoms. The summed E-state index contributed by atoms with van der Waals surface area (Å²) in [7, 11) is 0. The molecule has 0 saturated heterocycles. The topological polar surface area (TPSA) is 58.6 Å². The summed E-state index contributed by atoms with van der Waals surface area (Å²) in [6, 6.07) is 4.15. The summed E-state index contributed by atoms with van der Waals surface area (Å²) < 4.78 is 18.7. The molecule has 1 aromatic carbocycles. The van der Waals surface area contributed by atoms with Crippen LogP contribution < -0.4 is 10.1 Å². The second-order valence-electron chi connectivity index (χ2n) is 4.90. The fourth-order valence-corrected chi connectivity index (χ4v) is 1.74. The standard InChI is InChI=1S/C14H18FNO3/c1-8(17)12-7-10(15)3-6-13(12)19-9(2)14(18)16-11-4-5-11/h3,6-9,11,17H,4-5H2,1-2H3,(H,16,18)/t8-,9?/m0/s1. The second-order valence-corrected chi connectivity index (χ2v) is 4.90. The van der Waals surface area contributed by atoms with Gasteiger partial charge in [0, 0.05) is 11.6 Å². The van der Waals surface area contributed by atoms with Gasteiger partial charge in [-0.15, -0.1) is 0 Å². The van der Waals surface area contributed by atoms with Gasteiger partial charge in [-0.25, -0.2) is 4.39 Å². The van der Waals surface area contributed by atoms with Gasteiger partial charge in [0.05, 0.1) is 6.10 Å². The average molecular weight is 267 g/mol. The summed E-state index contributed by atoms with van der Waals surface area (Å²) in [6.45, 7) is 3.16. The van der Waals surface area contributed by atoms with Crippen molar-refractivity contribution in [1.29, 1.82) is 0 Å². The van der Waals surface area contributed by atoms with Crippen molar-refractivity contribution in [3.63, 3.8) is 0 Å². The fourth-order valence-electron chi connectivity index (χ4n) is 1.74. The Morgan fingerprint density at radius 1 is 1.47 bits per heavy atom. The van der Waals surface area contributed by atoms with Crippen molar-refractivity contribution in [2.24, 2.45) is 0 Å². The molecule has 1 amide bonds. The SMILES string of the molecule is CC(Oc1ccc(F)cc1[C@H](C)O)C(=O)NC1CC1. The van der Waals surface area contributed by atoms with Crippen LogP contribution in [0.15, 0.2) is 18.2 Å². The van der Waals surface area contributed by atoms with Crippen LogP contribution in [0.25, 0.3) is 0 Å². The molecule has 104 valence electrons. The Balaban J connectivity index is 2.06. The number of rotatable bonds is 5. The Bertz CT molecular complexity index is 472. The zero-order valence-corrected chi connectivity index (χ0v) is 11.0. The number of benzene rings is 1. The summed E-state index contributed by atoms with van der Waals surface area (Å²) in [5.41, 5.74) is 0.339. The highest BCUT2D eigenvalue weighted by Gasteiger charge is 2.26. The van der Waals surface area contributed by atoms with Crippen LogP contribution in [-0.4, -0.2) is 23.2 Å². The van der Waals surface area contributed by atoms with E-state index in [0.717, 1.165) is 12.8 Å². The van der Waals surface area contributed by atoms with E-state index < -0.39 is 18.0 Å². The van der Waals surface area contributed by atoms with Gasteiger partial charge in [-0.2, -0.15) is 0 Å². The summed E-state index contributed by atoms with van der Waals surface area (Å²) in [4.78, 5) is 11.8. The van der Waals surface area contributed by atoms with Gasteiger partial charge in [0.1, 0.15) is 11.6 Å². The number of carbonyl (C=O) groups excluding carboxylic acids is 1. The van der Waals surface area contributed by atoms with Crippen molar-refractivity contribution in [3.05, 3.63) is 29.6 Å². The number of aliphatic hydroxyl groups excluding tert-OH is 1. The quantitative estimate of drug-likeness (QED) is 0.857. The molecule has 2 N–H and O–H groups in total. The molecule has 0 heterocycles. The molecular weight excluding hydrogens is 249 g/mol. The number of carbonyl (C=O) groups is 1. The van der Waals surface area contributed by atoms with E-state index in [4.69, 9.17) is 4.74 Å². The normalized spacial score (nSPS) is 17.7. The third-order valence-electron chi connectivity index (χ3n) is 3.02. The molecule has 0 radical (unpaired) electrons. The highest BCUT2D eigenvalue weighted by Crippen LogP contribution is 2.27. The van der Waals surface area contributed by atoms with E-state index in [0.29, 0.717) is 11.3 Å². The van der Waals surface area contributed by atoms with Gasteiger partial charge in [0.25, 0.3) is 5.91 Å². The van der Waals surface area contributed by atoms with Gasteiger partial charge in [-0.3, -0.25) is 4.79 Å². The molecule has 2 rings (SSSR count). The van der Waals surface area contributed by atoms with E-state index in [-0.39, 0.29) is 11.9 Å². The minimum Gasteiger partial charge on any atom is -0.481 e. The Morgan fingerprint density at radius 3 is 2.74 bits per heavy atom. The molecule has 1 fully saturated rings. The molecule has 1 aliphatic rings. The molecule has 0 aromatic heterocycles. The van der Waals surface area contributed by atoms with Gasteiger partial charge in [0.15, 0.2) is 6.10 Å². The zero-order chi connectivity index (χ0) is 14.0. The number of ether oxygens (including phenoxy) is 1. The first-order valence-corrected chi connectivity index (χ1v) is 6.42. The Morgan fingerprint density at radius 2 is 2.16 bits per heavy atom. The molecule has 1 unspecified atom stereocenters. The van der Waals surface area contributed by atoms with Crippen molar-refractivity contribution in [3.8, 4) is 5.75 Å². The minimum absolute atomic E-state index is 0.191. The highest BCUT2D eigenvalue weighted by atomic mass is 19.1. The number of nitrogens with one attached hydrogen (secondary N) is 1. The van der Waals surface area contributed by atoms with Crippen LogP contribution >= 0.6 is 0 Å². The van der Waals surface area contributed by atoms with E-state index in [1.807, 2.05) is 0 Å².